The van der Waals surface area contributed by atoms with Gasteiger partial charge in [0.15, 0.2) is 0 Å². The molecule has 3 rings (SSSR count). The molecule has 0 saturated heterocycles. The summed E-state index contributed by atoms with van der Waals surface area (Å²) in [5, 5.41) is 14.0. The summed E-state index contributed by atoms with van der Waals surface area (Å²) in [4.78, 5) is 4.59. The molecule has 0 radical (unpaired) electrons. The first-order valence-electron chi connectivity index (χ1n) is 7.20. The van der Waals surface area contributed by atoms with Gasteiger partial charge in [-0.15, -0.1) is 0 Å². The van der Waals surface area contributed by atoms with Crippen LogP contribution in [0.1, 0.15) is 17.5 Å². The highest BCUT2D eigenvalue weighted by Crippen LogP contribution is 2.22. The molecule has 0 fully saturated rings. The van der Waals surface area contributed by atoms with Crippen LogP contribution in [0.25, 0.3) is 11.0 Å². The Morgan fingerprint density at radius 2 is 1.91 bits per heavy atom. The Morgan fingerprint density at radius 1 is 1.18 bits per heavy atom. The highest BCUT2D eigenvalue weighted by Gasteiger charge is 2.12. The van der Waals surface area contributed by atoms with E-state index in [2.05, 4.69) is 14.9 Å². The fourth-order valence-electron chi connectivity index (χ4n) is 2.53. The van der Waals surface area contributed by atoms with E-state index >= 15 is 0 Å². The van der Waals surface area contributed by atoms with Gasteiger partial charge in [-0.2, -0.15) is 0 Å². The number of aromatic nitrogens is 2. The van der Waals surface area contributed by atoms with E-state index in [9.17, 15) is 5.11 Å². The first-order valence-corrected chi connectivity index (χ1v) is 7.58. The average molecular weight is 316 g/mol. The minimum absolute atomic E-state index is 0.424. The molecule has 5 heteroatoms. The molecule has 2 N–H and O–H groups in total. The summed E-state index contributed by atoms with van der Waals surface area (Å²) in [5.74, 6) is 0.938. The van der Waals surface area contributed by atoms with Crippen LogP contribution in [0, 0.1) is 0 Å². The van der Waals surface area contributed by atoms with Gasteiger partial charge >= 0.3 is 0 Å². The van der Waals surface area contributed by atoms with Crippen LogP contribution in [0.3, 0.4) is 0 Å². The van der Waals surface area contributed by atoms with Crippen LogP contribution in [0.4, 0.5) is 0 Å². The minimum Gasteiger partial charge on any atom is -0.387 e. The Balaban J connectivity index is 1.65. The molecule has 0 bridgehead atoms. The van der Waals surface area contributed by atoms with Crippen molar-refractivity contribution in [2.45, 2.75) is 12.6 Å². The molecule has 0 aliphatic carbocycles. The van der Waals surface area contributed by atoms with E-state index in [1.54, 1.807) is 6.07 Å². The number of rotatable bonds is 5. The Labute approximate surface area is 134 Å². The normalized spacial score (nSPS) is 12.7. The number of hydrogen-bond acceptors (Lipinski definition) is 3. The number of aryl methyl sites for hydroxylation is 1. The summed E-state index contributed by atoms with van der Waals surface area (Å²) in [7, 11) is 2.00. The van der Waals surface area contributed by atoms with E-state index in [1.807, 2.05) is 49.5 Å². The molecule has 1 aromatic heterocycles. The smallest absolute Gasteiger partial charge is 0.123 e. The van der Waals surface area contributed by atoms with Crippen molar-refractivity contribution in [2.24, 2.45) is 7.05 Å². The Bertz CT molecular complexity index is 784. The Morgan fingerprint density at radius 3 is 2.68 bits per heavy atom. The van der Waals surface area contributed by atoms with Crippen LogP contribution in [0.15, 0.2) is 48.5 Å². The van der Waals surface area contributed by atoms with Gasteiger partial charge in [-0.3, -0.25) is 0 Å². The topological polar surface area (TPSA) is 50.1 Å². The summed E-state index contributed by atoms with van der Waals surface area (Å²) < 4.78 is 2.06. The zero-order valence-electron chi connectivity index (χ0n) is 12.3. The predicted octanol–water partition coefficient (Wildman–Crippen LogP) is 3.05. The summed E-state index contributed by atoms with van der Waals surface area (Å²) in [6.07, 6.45) is -0.636. The van der Waals surface area contributed by atoms with Gasteiger partial charge in [0, 0.05) is 24.2 Å². The molecule has 114 valence electrons. The molecule has 3 aromatic rings. The molecule has 22 heavy (non-hydrogen) atoms. The van der Waals surface area contributed by atoms with Crippen molar-refractivity contribution >= 4 is 22.6 Å². The van der Waals surface area contributed by atoms with Crippen LogP contribution in [-0.4, -0.2) is 21.2 Å². The third-order valence-electron chi connectivity index (χ3n) is 3.76. The van der Waals surface area contributed by atoms with E-state index in [0.29, 0.717) is 18.1 Å². The van der Waals surface area contributed by atoms with Crippen molar-refractivity contribution in [3.8, 4) is 0 Å². The fraction of sp³-hybridized carbons (Fsp3) is 0.235. The number of para-hydroxylation sites is 2. The second-order valence-corrected chi connectivity index (χ2v) is 5.65. The van der Waals surface area contributed by atoms with E-state index < -0.39 is 6.10 Å². The number of fused-ring (bicyclic) bond motifs is 1. The van der Waals surface area contributed by atoms with Gasteiger partial charge in [0.2, 0.25) is 0 Å². The summed E-state index contributed by atoms with van der Waals surface area (Å²) in [6.45, 7) is 1.01. The highest BCUT2D eigenvalue weighted by atomic mass is 35.5. The largest absolute Gasteiger partial charge is 0.387 e. The maximum atomic E-state index is 10.2. The van der Waals surface area contributed by atoms with Crippen LogP contribution < -0.4 is 5.32 Å². The number of nitrogens with zero attached hydrogens (tertiary/aromatic N) is 2. The number of aliphatic hydroxyl groups excluding tert-OH is 1. The zero-order valence-corrected chi connectivity index (χ0v) is 13.1. The number of nitrogens with one attached hydrogen (secondary N) is 1. The molecule has 1 heterocycles. The number of halogens is 1. The lowest BCUT2D eigenvalue weighted by Crippen LogP contribution is -2.22. The summed E-state index contributed by atoms with van der Waals surface area (Å²) in [6, 6.07) is 15.4. The van der Waals surface area contributed by atoms with Crippen molar-refractivity contribution in [1.29, 1.82) is 0 Å². The maximum absolute atomic E-state index is 10.2. The summed E-state index contributed by atoms with van der Waals surface area (Å²) in [5.41, 5.74) is 2.82. The zero-order chi connectivity index (χ0) is 15.5. The lowest BCUT2D eigenvalue weighted by molar-refractivity contribution is 0.174. The third-order valence-corrected chi connectivity index (χ3v) is 4.11. The standard InChI is InChI=1S/C17H18ClN3O/c1-21-15-9-5-4-8-14(15)20-17(21)11-19-10-16(22)12-6-2-3-7-13(12)18/h2-9,16,19,22H,10-11H2,1H3. The van der Waals surface area contributed by atoms with Crippen molar-refractivity contribution < 1.29 is 5.11 Å². The van der Waals surface area contributed by atoms with E-state index in [-0.39, 0.29) is 0 Å². The van der Waals surface area contributed by atoms with Gasteiger partial charge in [0.25, 0.3) is 0 Å². The maximum Gasteiger partial charge on any atom is 0.123 e. The number of imidazole rings is 1. The first-order chi connectivity index (χ1) is 10.7. The SMILES string of the molecule is Cn1c(CNCC(O)c2ccccc2Cl)nc2ccccc21. The third kappa shape index (κ3) is 2.99. The van der Waals surface area contributed by atoms with E-state index in [4.69, 9.17) is 11.6 Å². The Kier molecular flexibility index (Phi) is 4.43. The van der Waals surface area contributed by atoms with Gasteiger partial charge < -0.3 is 15.0 Å². The number of benzene rings is 2. The van der Waals surface area contributed by atoms with E-state index in [0.717, 1.165) is 22.4 Å². The minimum atomic E-state index is -0.636. The monoisotopic (exact) mass is 315 g/mol. The number of aliphatic hydroxyl groups is 1. The fourth-order valence-corrected chi connectivity index (χ4v) is 2.79. The number of hydrogen-bond donors (Lipinski definition) is 2. The van der Waals surface area contributed by atoms with Crippen molar-refractivity contribution in [3.05, 3.63) is 64.9 Å². The second kappa shape index (κ2) is 6.48. The molecule has 1 unspecified atom stereocenters. The van der Waals surface area contributed by atoms with Crippen LogP contribution in [0.2, 0.25) is 5.02 Å². The quantitative estimate of drug-likeness (QED) is 0.761. The first kappa shape index (κ1) is 15.0. The van der Waals surface area contributed by atoms with Gasteiger partial charge in [-0.25, -0.2) is 4.98 Å². The van der Waals surface area contributed by atoms with Crippen molar-refractivity contribution in [3.63, 3.8) is 0 Å². The molecular formula is C17H18ClN3O. The van der Waals surface area contributed by atoms with Gasteiger partial charge in [0.05, 0.1) is 23.7 Å². The summed E-state index contributed by atoms with van der Waals surface area (Å²) >= 11 is 6.09. The molecule has 0 saturated carbocycles. The average Bonchev–Trinajstić information content (AvgIpc) is 2.84. The molecule has 0 amide bonds. The molecular weight excluding hydrogens is 298 g/mol. The van der Waals surface area contributed by atoms with Gasteiger partial charge in [-0.05, 0) is 18.2 Å². The highest BCUT2D eigenvalue weighted by molar-refractivity contribution is 6.31. The lowest BCUT2D eigenvalue weighted by atomic mass is 10.1. The molecule has 4 nitrogen and oxygen atoms in total. The molecule has 0 aliphatic rings. The van der Waals surface area contributed by atoms with E-state index in [1.165, 1.54) is 0 Å². The molecule has 1 atom stereocenters. The molecule has 0 aliphatic heterocycles. The predicted molar refractivity (Wildman–Crippen MR) is 88.8 cm³/mol. The van der Waals surface area contributed by atoms with Gasteiger partial charge in [-0.1, -0.05) is 41.9 Å². The second-order valence-electron chi connectivity index (χ2n) is 5.24. The van der Waals surface area contributed by atoms with Gasteiger partial charge in [0.1, 0.15) is 5.82 Å². The van der Waals surface area contributed by atoms with Crippen molar-refractivity contribution in [1.82, 2.24) is 14.9 Å². The Hall–Kier alpha value is -1.88. The van der Waals surface area contributed by atoms with Crippen LogP contribution in [0.5, 0.6) is 0 Å². The molecule has 0 spiro atoms. The lowest BCUT2D eigenvalue weighted by Gasteiger charge is -2.13. The van der Waals surface area contributed by atoms with Crippen LogP contribution in [-0.2, 0) is 13.6 Å². The molecule has 2 aromatic carbocycles. The van der Waals surface area contributed by atoms with Crippen LogP contribution >= 0.6 is 11.6 Å². The van der Waals surface area contributed by atoms with Crippen molar-refractivity contribution in [2.75, 3.05) is 6.54 Å².